The van der Waals surface area contributed by atoms with E-state index >= 15 is 0 Å². The van der Waals surface area contributed by atoms with Crippen molar-refractivity contribution in [1.29, 1.82) is 0 Å². The summed E-state index contributed by atoms with van der Waals surface area (Å²) in [5.41, 5.74) is 1.24. The average molecular weight is 398 g/mol. The third kappa shape index (κ3) is 4.43. The molecule has 0 aromatic heterocycles. The van der Waals surface area contributed by atoms with Crippen LogP contribution in [0.4, 0.5) is 11.4 Å². The van der Waals surface area contributed by atoms with Gasteiger partial charge in [0, 0.05) is 18.1 Å². The Kier molecular flexibility index (Phi) is 5.56. The van der Waals surface area contributed by atoms with Gasteiger partial charge < -0.3 is 10.1 Å². The Bertz CT molecular complexity index is 1090. The van der Waals surface area contributed by atoms with Crippen molar-refractivity contribution >= 4 is 38.1 Å². The van der Waals surface area contributed by atoms with Crippen molar-refractivity contribution in [2.45, 2.75) is 13.0 Å². The second-order valence-electron chi connectivity index (χ2n) is 6.50. The number of ether oxygens (including phenoxy) is 1. The lowest BCUT2D eigenvalue weighted by molar-refractivity contribution is -0.122. The Morgan fingerprint density at radius 2 is 1.64 bits per heavy atom. The second kappa shape index (κ2) is 7.90. The Labute approximate surface area is 164 Å². The van der Waals surface area contributed by atoms with Gasteiger partial charge in [0.1, 0.15) is 5.75 Å². The SMILES string of the molecule is CC(Oc1ccc(N(C)S(C)(=O)=O)cc1)C(=O)Nc1cccc2ccccc12. The van der Waals surface area contributed by atoms with Crippen LogP contribution < -0.4 is 14.4 Å². The van der Waals surface area contributed by atoms with Crippen molar-refractivity contribution in [3.8, 4) is 5.75 Å². The molecule has 0 radical (unpaired) electrons. The predicted molar refractivity (Wildman–Crippen MR) is 112 cm³/mol. The first-order chi connectivity index (χ1) is 13.3. The van der Waals surface area contributed by atoms with Crippen molar-refractivity contribution in [3.63, 3.8) is 0 Å². The summed E-state index contributed by atoms with van der Waals surface area (Å²) >= 11 is 0. The van der Waals surface area contributed by atoms with E-state index in [0.717, 1.165) is 22.7 Å². The van der Waals surface area contributed by atoms with Gasteiger partial charge in [0.25, 0.3) is 5.91 Å². The van der Waals surface area contributed by atoms with E-state index in [0.29, 0.717) is 11.4 Å². The number of carbonyl (C=O) groups is 1. The fourth-order valence-electron chi connectivity index (χ4n) is 2.75. The zero-order valence-electron chi connectivity index (χ0n) is 15.9. The maximum Gasteiger partial charge on any atom is 0.265 e. The van der Waals surface area contributed by atoms with E-state index in [1.807, 2.05) is 42.5 Å². The molecule has 0 fully saturated rings. The normalized spacial score (nSPS) is 12.4. The van der Waals surface area contributed by atoms with Crippen molar-refractivity contribution in [2.75, 3.05) is 22.9 Å². The highest BCUT2D eigenvalue weighted by Gasteiger charge is 2.17. The van der Waals surface area contributed by atoms with Gasteiger partial charge in [-0.1, -0.05) is 36.4 Å². The quantitative estimate of drug-likeness (QED) is 0.688. The molecule has 0 aliphatic heterocycles. The molecule has 0 saturated carbocycles. The maximum absolute atomic E-state index is 12.5. The predicted octanol–water partition coefficient (Wildman–Crippen LogP) is 3.64. The first-order valence-electron chi connectivity index (χ1n) is 8.75. The number of rotatable bonds is 6. The first-order valence-corrected chi connectivity index (χ1v) is 10.6. The highest BCUT2D eigenvalue weighted by molar-refractivity contribution is 7.92. The minimum atomic E-state index is -3.33. The van der Waals surface area contributed by atoms with Crippen LogP contribution in [0.5, 0.6) is 5.75 Å². The average Bonchev–Trinajstić information content (AvgIpc) is 2.67. The maximum atomic E-state index is 12.5. The molecule has 3 rings (SSSR count). The van der Waals surface area contributed by atoms with Gasteiger partial charge in [-0.3, -0.25) is 9.10 Å². The lowest BCUT2D eigenvalue weighted by Crippen LogP contribution is -2.30. The zero-order chi connectivity index (χ0) is 20.3. The van der Waals surface area contributed by atoms with Crippen molar-refractivity contribution in [3.05, 3.63) is 66.7 Å². The number of hydrogen-bond acceptors (Lipinski definition) is 4. The van der Waals surface area contributed by atoms with Crippen molar-refractivity contribution < 1.29 is 17.9 Å². The highest BCUT2D eigenvalue weighted by Crippen LogP contribution is 2.24. The summed E-state index contributed by atoms with van der Waals surface area (Å²) in [6, 6.07) is 20.1. The number of anilines is 2. The standard InChI is InChI=1S/C21H22N2O4S/c1-15(27-18-13-11-17(12-14-18)23(2)28(3,25)26)21(24)22-20-10-6-8-16-7-4-5-9-19(16)20/h4-15H,1-3H3,(H,22,24). The highest BCUT2D eigenvalue weighted by atomic mass is 32.2. The van der Waals surface area contributed by atoms with Crippen LogP contribution in [0, 0.1) is 0 Å². The van der Waals surface area contributed by atoms with Gasteiger partial charge in [-0.2, -0.15) is 0 Å². The summed E-state index contributed by atoms with van der Waals surface area (Å²) in [7, 11) is -1.85. The van der Waals surface area contributed by atoms with Gasteiger partial charge in [-0.05, 0) is 42.6 Å². The van der Waals surface area contributed by atoms with Crippen LogP contribution in [0.1, 0.15) is 6.92 Å². The lowest BCUT2D eigenvalue weighted by atomic mass is 10.1. The largest absolute Gasteiger partial charge is 0.481 e. The molecule has 3 aromatic rings. The molecule has 7 heteroatoms. The molecule has 1 N–H and O–H groups in total. The number of carbonyl (C=O) groups excluding carboxylic acids is 1. The Hall–Kier alpha value is -3.06. The zero-order valence-corrected chi connectivity index (χ0v) is 16.7. The summed E-state index contributed by atoms with van der Waals surface area (Å²) in [6.07, 6.45) is 0.411. The molecule has 146 valence electrons. The molecule has 0 spiro atoms. The van der Waals surface area contributed by atoms with Gasteiger partial charge in [0.05, 0.1) is 11.9 Å². The molecule has 1 atom stereocenters. The number of hydrogen-bond donors (Lipinski definition) is 1. The molecule has 3 aromatic carbocycles. The van der Waals surface area contributed by atoms with Gasteiger partial charge in [-0.25, -0.2) is 8.42 Å². The second-order valence-corrected chi connectivity index (χ2v) is 8.51. The monoisotopic (exact) mass is 398 g/mol. The molecular weight excluding hydrogens is 376 g/mol. The summed E-state index contributed by atoms with van der Waals surface area (Å²) in [5.74, 6) is 0.208. The van der Waals surface area contributed by atoms with Gasteiger partial charge in [0.15, 0.2) is 6.10 Å². The third-order valence-corrected chi connectivity index (χ3v) is 5.63. The smallest absolute Gasteiger partial charge is 0.265 e. The Morgan fingerprint density at radius 3 is 2.32 bits per heavy atom. The summed E-state index contributed by atoms with van der Waals surface area (Å²) in [6.45, 7) is 1.66. The van der Waals surface area contributed by atoms with E-state index in [4.69, 9.17) is 4.74 Å². The molecule has 28 heavy (non-hydrogen) atoms. The number of amides is 1. The lowest BCUT2D eigenvalue weighted by Gasteiger charge is -2.18. The minimum absolute atomic E-state index is 0.270. The van der Waals surface area contributed by atoms with Crippen LogP contribution in [0.3, 0.4) is 0 Å². The van der Waals surface area contributed by atoms with E-state index in [1.54, 1.807) is 31.2 Å². The number of nitrogens with zero attached hydrogens (tertiary/aromatic N) is 1. The minimum Gasteiger partial charge on any atom is -0.481 e. The van der Waals surface area contributed by atoms with Crippen LogP contribution >= 0.6 is 0 Å². The number of benzene rings is 3. The number of sulfonamides is 1. The fourth-order valence-corrected chi connectivity index (χ4v) is 3.26. The third-order valence-electron chi connectivity index (χ3n) is 4.43. The molecular formula is C21H22N2O4S. The first kappa shape index (κ1) is 19.7. The number of nitrogens with one attached hydrogen (secondary N) is 1. The summed E-state index contributed by atoms with van der Waals surface area (Å²) in [5, 5.41) is 4.90. The Balaban J connectivity index is 1.69. The van der Waals surface area contributed by atoms with Crippen LogP contribution in [-0.2, 0) is 14.8 Å². The van der Waals surface area contributed by atoms with E-state index < -0.39 is 16.1 Å². The molecule has 6 nitrogen and oxygen atoms in total. The number of fused-ring (bicyclic) bond motifs is 1. The fraction of sp³-hybridized carbons (Fsp3) is 0.190. The summed E-state index contributed by atoms with van der Waals surface area (Å²) in [4.78, 5) is 12.5. The van der Waals surface area contributed by atoms with Gasteiger partial charge in [-0.15, -0.1) is 0 Å². The molecule has 0 bridgehead atoms. The van der Waals surface area contributed by atoms with E-state index in [9.17, 15) is 13.2 Å². The van der Waals surface area contributed by atoms with Crippen LogP contribution in [-0.4, -0.2) is 33.7 Å². The van der Waals surface area contributed by atoms with Crippen molar-refractivity contribution in [1.82, 2.24) is 0 Å². The van der Waals surface area contributed by atoms with Gasteiger partial charge >= 0.3 is 0 Å². The van der Waals surface area contributed by atoms with E-state index in [2.05, 4.69) is 5.32 Å². The van der Waals surface area contributed by atoms with E-state index in [-0.39, 0.29) is 5.91 Å². The van der Waals surface area contributed by atoms with Crippen LogP contribution in [0.15, 0.2) is 66.7 Å². The molecule has 0 aliphatic carbocycles. The molecule has 0 saturated heterocycles. The molecule has 1 amide bonds. The molecule has 0 aliphatic rings. The van der Waals surface area contributed by atoms with E-state index in [1.165, 1.54) is 11.4 Å². The topological polar surface area (TPSA) is 75.7 Å². The van der Waals surface area contributed by atoms with Crippen molar-refractivity contribution in [2.24, 2.45) is 0 Å². The van der Waals surface area contributed by atoms with Crippen LogP contribution in [0.2, 0.25) is 0 Å². The summed E-state index contributed by atoms with van der Waals surface area (Å²) < 4.78 is 30.1. The van der Waals surface area contributed by atoms with Gasteiger partial charge in [0.2, 0.25) is 10.0 Å². The van der Waals surface area contributed by atoms with Crippen LogP contribution in [0.25, 0.3) is 10.8 Å². The molecule has 0 heterocycles. The Morgan fingerprint density at radius 1 is 1.00 bits per heavy atom. The molecule has 1 unspecified atom stereocenters.